The minimum atomic E-state index is -0.494. The fraction of sp³-hybridized carbons (Fsp3) is 0.462. The molecule has 0 radical (unpaired) electrons. The molecule has 1 aliphatic heterocycles. The second kappa shape index (κ2) is 7.73. The molecule has 1 saturated heterocycles. The number of thiocarbonyl (C=S) groups is 1. The highest BCUT2D eigenvalue weighted by molar-refractivity contribution is 7.80. The van der Waals surface area contributed by atoms with E-state index in [1.54, 1.807) is 12.1 Å². The van der Waals surface area contributed by atoms with Crippen molar-refractivity contribution in [3.05, 3.63) is 29.0 Å². The van der Waals surface area contributed by atoms with Gasteiger partial charge in [0.05, 0.1) is 23.9 Å². The molecule has 1 fully saturated rings. The third-order valence-corrected chi connectivity index (χ3v) is 3.56. The van der Waals surface area contributed by atoms with Crippen molar-refractivity contribution in [1.82, 2.24) is 10.2 Å². The molecule has 0 saturated carbocycles. The molecule has 2 N–H and O–H groups in total. The van der Waals surface area contributed by atoms with Gasteiger partial charge in [0.2, 0.25) is 0 Å². The van der Waals surface area contributed by atoms with Crippen LogP contribution in [0.3, 0.4) is 0 Å². The lowest BCUT2D eigenvalue weighted by Gasteiger charge is -2.26. The summed E-state index contributed by atoms with van der Waals surface area (Å²) in [4.78, 5) is 2.29. The molecule has 2 rings (SSSR count). The highest BCUT2D eigenvalue weighted by atomic mass is 35.5. The van der Waals surface area contributed by atoms with Gasteiger partial charge in [-0.05, 0) is 24.4 Å². The van der Waals surface area contributed by atoms with Gasteiger partial charge < -0.3 is 15.4 Å². The maximum Gasteiger partial charge on any atom is 0.170 e. The molecule has 20 heavy (non-hydrogen) atoms. The molecule has 7 heteroatoms. The number of nitrogens with zero attached hydrogens (tertiary/aromatic N) is 1. The average Bonchev–Trinajstić information content (AvgIpc) is 2.45. The molecule has 1 heterocycles. The van der Waals surface area contributed by atoms with Gasteiger partial charge in [-0.15, -0.1) is 0 Å². The van der Waals surface area contributed by atoms with E-state index in [9.17, 15) is 4.39 Å². The standard InChI is InChI=1S/C13H17ClFN3OS/c14-10-2-1-3-11(12(10)15)17-13(20)16-4-5-18-6-8-19-9-7-18/h1-3H,4-9H2,(H2,16,17,20). The van der Waals surface area contributed by atoms with Crippen molar-refractivity contribution < 1.29 is 9.13 Å². The lowest BCUT2D eigenvalue weighted by Crippen LogP contribution is -2.42. The molecule has 0 bridgehead atoms. The van der Waals surface area contributed by atoms with E-state index >= 15 is 0 Å². The molecule has 110 valence electrons. The first-order valence-corrected chi connectivity index (χ1v) is 7.24. The van der Waals surface area contributed by atoms with E-state index in [1.165, 1.54) is 6.07 Å². The van der Waals surface area contributed by atoms with Gasteiger partial charge in [-0.25, -0.2) is 4.39 Å². The Hall–Kier alpha value is -0.950. The largest absolute Gasteiger partial charge is 0.379 e. The Morgan fingerprint density at radius 2 is 2.15 bits per heavy atom. The summed E-state index contributed by atoms with van der Waals surface area (Å²) in [6.45, 7) is 5.00. The second-order valence-electron chi connectivity index (χ2n) is 4.44. The molecular formula is C13H17ClFN3OS. The van der Waals surface area contributed by atoms with Gasteiger partial charge in [0, 0.05) is 26.2 Å². The molecule has 0 aromatic heterocycles. The summed E-state index contributed by atoms with van der Waals surface area (Å²) in [5.74, 6) is -0.494. The predicted molar refractivity (Wildman–Crippen MR) is 82.9 cm³/mol. The van der Waals surface area contributed by atoms with Crippen LogP contribution in [-0.2, 0) is 4.74 Å². The molecule has 1 aromatic rings. The van der Waals surface area contributed by atoms with E-state index in [2.05, 4.69) is 15.5 Å². The Balaban J connectivity index is 1.73. The van der Waals surface area contributed by atoms with Gasteiger partial charge in [-0.2, -0.15) is 0 Å². The molecule has 4 nitrogen and oxygen atoms in total. The van der Waals surface area contributed by atoms with Crippen LogP contribution in [-0.4, -0.2) is 49.4 Å². The maximum atomic E-state index is 13.7. The Labute approximate surface area is 128 Å². The molecule has 0 aliphatic carbocycles. The number of halogens is 2. The van der Waals surface area contributed by atoms with Gasteiger partial charge in [0.25, 0.3) is 0 Å². The van der Waals surface area contributed by atoms with Gasteiger partial charge in [-0.1, -0.05) is 17.7 Å². The summed E-state index contributed by atoms with van der Waals surface area (Å²) in [6, 6.07) is 4.76. The first-order chi connectivity index (χ1) is 9.66. The number of benzene rings is 1. The Kier molecular flexibility index (Phi) is 5.97. The molecule has 1 aromatic carbocycles. The van der Waals surface area contributed by atoms with Crippen molar-refractivity contribution in [2.45, 2.75) is 0 Å². The van der Waals surface area contributed by atoms with Crippen LogP contribution in [0, 0.1) is 5.82 Å². The quantitative estimate of drug-likeness (QED) is 0.832. The van der Waals surface area contributed by atoms with Crippen molar-refractivity contribution in [2.75, 3.05) is 44.7 Å². The molecule has 1 aliphatic rings. The van der Waals surface area contributed by atoms with E-state index in [0.29, 0.717) is 11.7 Å². The number of anilines is 1. The predicted octanol–water partition coefficient (Wildman–Crippen LogP) is 2.10. The summed E-state index contributed by atoms with van der Waals surface area (Å²) in [7, 11) is 0. The number of hydrogen-bond donors (Lipinski definition) is 2. The van der Waals surface area contributed by atoms with E-state index in [-0.39, 0.29) is 10.7 Å². The van der Waals surface area contributed by atoms with Gasteiger partial charge in [-0.3, -0.25) is 4.90 Å². The van der Waals surface area contributed by atoms with Crippen molar-refractivity contribution in [1.29, 1.82) is 0 Å². The first kappa shape index (κ1) is 15.4. The van der Waals surface area contributed by atoms with Crippen LogP contribution < -0.4 is 10.6 Å². The van der Waals surface area contributed by atoms with Crippen LogP contribution in [0.2, 0.25) is 5.02 Å². The van der Waals surface area contributed by atoms with Crippen LogP contribution in [0.4, 0.5) is 10.1 Å². The third kappa shape index (κ3) is 4.56. The lowest BCUT2D eigenvalue weighted by molar-refractivity contribution is 0.0389. The fourth-order valence-corrected chi connectivity index (χ4v) is 2.31. The zero-order valence-electron chi connectivity index (χ0n) is 11.0. The number of morpholine rings is 1. The molecule has 0 spiro atoms. The minimum Gasteiger partial charge on any atom is -0.379 e. The smallest absolute Gasteiger partial charge is 0.170 e. The number of hydrogen-bond acceptors (Lipinski definition) is 3. The Morgan fingerprint density at radius 1 is 1.40 bits per heavy atom. The van der Waals surface area contributed by atoms with E-state index in [1.807, 2.05) is 0 Å². The van der Waals surface area contributed by atoms with E-state index in [4.69, 9.17) is 28.6 Å². The molecular weight excluding hydrogens is 301 g/mol. The SMILES string of the molecule is Fc1c(Cl)cccc1NC(=S)NCCN1CCOCC1. The number of ether oxygens (including phenoxy) is 1. The van der Waals surface area contributed by atoms with Crippen LogP contribution in [0.25, 0.3) is 0 Å². The van der Waals surface area contributed by atoms with Gasteiger partial charge in [0.15, 0.2) is 10.9 Å². The van der Waals surface area contributed by atoms with Crippen LogP contribution >= 0.6 is 23.8 Å². The van der Waals surface area contributed by atoms with Gasteiger partial charge >= 0.3 is 0 Å². The molecule has 0 amide bonds. The summed E-state index contributed by atoms with van der Waals surface area (Å²) < 4.78 is 18.9. The van der Waals surface area contributed by atoms with Crippen molar-refractivity contribution in [2.24, 2.45) is 0 Å². The van der Waals surface area contributed by atoms with Crippen molar-refractivity contribution in [3.8, 4) is 0 Å². The summed E-state index contributed by atoms with van der Waals surface area (Å²) >= 11 is 10.8. The van der Waals surface area contributed by atoms with Crippen LogP contribution in [0.5, 0.6) is 0 Å². The van der Waals surface area contributed by atoms with Crippen LogP contribution in [0.15, 0.2) is 18.2 Å². The number of rotatable bonds is 4. The highest BCUT2D eigenvalue weighted by Crippen LogP contribution is 2.21. The van der Waals surface area contributed by atoms with Gasteiger partial charge in [0.1, 0.15) is 0 Å². The topological polar surface area (TPSA) is 36.5 Å². The summed E-state index contributed by atoms with van der Waals surface area (Å²) in [6.07, 6.45) is 0. The monoisotopic (exact) mass is 317 g/mol. The maximum absolute atomic E-state index is 13.7. The fourth-order valence-electron chi connectivity index (χ4n) is 1.92. The molecule has 0 unspecified atom stereocenters. The average molecular weight is 318 g/mol. The first-order valence-electron chi connectivity index (χ1n) is 6.46. The third-order valence-electron chi connectivity index (χ3n) is 3.02. The number of nitrogens with one attached hydrogen (secondary N) is 2. The summed E-state index contributed by atoms with van der Waals surface area (Å²) in [5.41, 5.74) is 0.279. The zero-order chi connectivity index (χ0) is 14.4. The Bertz CT molecular complexity index is 469. The normalized spacial score (nSPS) is 15.9. The van der Waals surface area contributed by atoms with Crippen molar-refractivity contribution in [3.63, 3.8) is 0 Å². The second-order valence-corrected chi connectivity index (χ2v) is 5.25. The lowest BCUT2D eigenvalue weighted by atomic mass is 10.3. The minimum absolute atomic E-state index is 0.0751. The van der Waals surface area contributed by atoms with Crippen molar-refractivity contribution >= 4 is 34.6 Å². The van der Waals surface area contributed by atoms with Crippen LogP contribution in [0.1, 0.15) is 0 Å². The highest BCUT2D eigenvalue weighted by Gasteiger charge is 2.10. The summed E-state index contributed by atoms with van der Waals surface area (Å²) in [5, 5.41) is 6.32. The Morgan fingerprint density at radius 3 is 2.90 bits per heavy atom. The van der Waals surface area contributed by atoms with E-state index in [0.717, 1.165) is 32.8 Å². The molecule has 0 atom stereocenters. The zero-order valence-corrected chi connectivity index (χ0v) is 12.6. The van der Waals surface area contributed by atoms with E-state index < -0.39 is 5.82 Å².